The molecule has 1 aliphatic rings. The molecular weight excluding hydrogens is 452 g/mol. The Morgan fingerprint density at radius 1 is 1.23 bits per heavy atom. The third-order valence-corrected chi connectivity index (χ3v) is 7.59. The summed E-state index contributed by atoms with van der Waals surface area (Å²) in [6.07, 6.45) is 3.21. The summed E-state index contributed by atoms with van der Waals surface area (Å²) in [5.41, 5.74) is 0.796. The molecule has 2 heterocycles. The summed E-state index contributed by atoms with van der Waals surface area (Å²) in [5.74, 6) is 2.03. The lowest BCUT2D eigenvalue weighted by molar-refractivity contribution is -0.133. The lowest BCUT2D eigenvalue weighted by Gasteiger charge is -2.31. The molecule has 2 aromatic carbocycles. The Morgan fingerprint density at radius 2 is 2.00 bits per heavy atom. The fourth-order valence-electron chi connectivity index (χ4n) is 3.55. The van der Waals surface area contributed by atoms with E-state index < -0.39 is 0 Å². The summed E-state index contributed by atoms with van der Waals surface area (Å²) in [7, 11) is 1.67. The third kappa shape index (κ3) is 5.84. The third-order valence-electron chi connectivity index (χ3n) is 5.28. The Hall–Kier alpha value is -1.96. The first-order chi connectivity index (χ1) is 15.1. The van der Waals surface area contributed by atoms with Crippen LogP contribution in [0.1, 0.15) is 25.7 Å². The number of benzene rings is 2. The van der Waals surface area contributed by atoms with E-state index in [4.69, 9.17) is 21.1 Å². The fourth-order valence-corrected chi connectivity index (χ4v) is 5.59. The Balaban J connectivity index is 1.17. The highest BCUT2D eigenvalue weighted by atomic mass is 35.5. The number of likely N-dealkylation sites (tertiary alicyclic amines) is 1. The Kier molecular flexibility index (Phi) is 7.58. The first-order valence-corrected chi connectivity index (χ1v) is 12.6. The van der Waals surface area contributed by atoms with Gasteiger partial charge in [0.2, 0.25) is 5.91 Å². The SMILES string of the molecule is COc1ccc(SCCCC(=O)N2CCC(Oc3nc4c(Cl)cccc4s3)CC2)cc1. The van der Waals surface area contributed by atoms with E-state index in [0.717, 1.165) is 54.1 Å². The molecule has 8 heteroatoms. The summed E-state index contributed by atoms with van der Waals surface area (Å²) < 4.78 is 12.3. The average Bonchev–Trinajstić information content (AvgIpc) is 3.21. The molecule has 1 aromatic heterocycles. The number of thiazole rings is 1. The fraction of sp³-hybridized carbons (Fsp3) is 0.391. The van der Waals surface area contributed by atoms with E-state index in [9.17, 15) is 4.79 Å². The molecule has 1 aliphatic heterocycles. The number of carbonyl (C=O) groups excluding carboxylic acids is 1. The summed E-state index contributed by atoms with van der Waals surface area (Å²) >= 11 is 9.49. The van der Waals surface area contributed by atoms with Crippen LogP contribution in [0.4, 0.5) is 0 Å². The van der Waals surface area contributed by atoms with Crippen LogP contribution in [0, 0.1) is 0 Å². The summed E-state index contributed by atoms with van der Waals surface area (Å²) in [6.45, 7) is 1.47. The standard InChI is InChI=1S/C23H25ClN2O3S2/c1-28-16-7-9-18(10-8-16)30-15-3-6-21(27)26-13-11-17(12-14-26)29-23-25-22-19(24)4-2-5-20(22)31-23/h2,4-5,7-10,17H,3,6,11-15H2,1H3. The lowest BCUT2D eigenvalue weighted by atomic mass is 10.1. The highest BCUT2D eigenvalue weighted by molar-refractivity contribution is 7.99. The van der Waals surface area contributed by atoms with Gasteiger partial charge in [0.25, 0.3) is 5.19 Å². The number of piperidine rings is 1. The van der Waals surface area contributed by atoms with Gasteiger partial charge in [-0.3, -0.25) is 4.79 Å². The van der Waals surface area contributed by atoms with Crippen LogP contribution < -0.4 is 9.47 Å². The van der Waals surface area contributed by atoms with E-state index in [1.54, 1.807) is 18.9 Å². The van der Waals surface area contributed by atoms with Crippen molar-refractivity contribution in [2.45, 2.75) is 36.7 Å². The maximum absolute atomic E-state index is 12.5. The molecule has 3 aromatic rings. The largest absolute Gasteiger partial charge is 0.497 e. The number of carbonyl (C=O) groups is 1. The lowest BCUT2D eigenvalue weighted by Crippen LogP contribution is -2.41. The summed E-state index contributed by atoms with van der Waals surface area (Å²) in [5, 5.41) is 1.30. The summed E-state index contributed by atoms with van der Waals surface area (Å²) in [6, 6.07) is 13.8. The number of nitrogens with zero attached hydrogens (tertiary/aromatic N) is 2. The number of hydrogen-bond donors (Lipinski definition) is 0. The number of thioether (sulfide) groups is 1. The van der Waals surface area contributed by atoms with Crippen molar-refractivity contribution in [2.24, 2.45) is 0 Å². The number of hydrogen-bond acceptors (Lipinski definition) is 6. The topological polar surface area (TPSA) is 51.7 Å². The molecule has 0 radical (unpaired) electrons. The van der Waals surface area contributed by atoms with Crippen LogP contribution in [-0.4, -0.2) is 47.8 Å². The average molecular weight is 477 g/mol. The van der Waals surface area contributed by atoms with Crippen molar-refractivity contribution in [1.29, 1.82) is 0 Å². The van der Waals surface area contributed by atoms with Crippen molar-refractivity contribution in [1.82, 2.24) is 9.88 Å². The predicted molar refractivity (Wildman–Crippen MR) is 128 cm³/mol. The Morgan fingerprint density at radius 3 is 2.71 bits per heavy atom. The molecule has 0 spiro atoms. The van der Waals surface area contributed by atoms with Crippen molar-refractivity contribution in [3.05, 3.63) is 47.5 Å². The number of rotatable bonds is 8. The minimum absolute atomic E-state index is 0.0917. The van der Waals surface area contributed by atoms with Gasteiger partial charge in [0, 0.05) is 37.2 Å². The first-order valence-electron chi connectivity index (χ1n) is 10.4. The van der Waals surface area contributed by atoms with Gasteiger partial charge in [0.05, 0.1) is 16.8 Å². The number of para-hydroxylation sites is 1. The number of methoxy groups -OCH3 is 1. The smallest absolute Gasteiger partial charge is 0.274 e. The first kappa shape index (κ1) is 22.2. The highest BCUT2D eigenvalue weighted by Crippen LogP contribution is 2.33. The van der Waals surface area contributed by atoms with Crippen LogP contribution >= 0.6 is 34.7 Å². The van der Waals surface area contributed by atoms with E-state index in [2.05, 4.69) is 17.1 Å². The van der Waals surface area contributed by atoms with Crippen LogP contribution in [-0.2, 0) is 4.79 Å². The quantitative estimate of drug-likeness (QED) is 0.299. The van der Waals surface area contributed by atoms with Crippen LogP contribution in [0.3, 0.4) is 0 Å². The van der Waals surface area contributed by atoms with Crippen molar-refractivity contribution in [3.8, 4) is 10.9 Å². The molecule has 1 amide bonds. The zero-order chi connectivity index (χ0) is 21.6. The molecule has 164 valence electrons. The molecule has 0 bridgehead atoms. The normalized spacial score (nSPS) is 14.7. The van der Waals surface area contributed by atoms with Crippen LogP contribution in [0.25, 0.3) is 10.2 Å². The van der Waals surface area contributed by atoms with Gasteiger partial charge in [-0.05, 0) is 48.6 Å². The van der Waals surface area contributed by atoms with Gasteiger partial charge in [0.15, 0.2) is 0 Å². The minimum atomic E-state index is 0.0917. The van der Waals surface area contributed by atoms with Gasteiger partial charge in [-0.2, -0.15) is 0 Å². The minimum Gasteiger partial charge on any atom is -0.497 e. The molecule has 0 atom stereocenters. The maximum atomic E-state index is 12.5. The molecule has 0 unspecified atom stereocenters. The van der Waals surface area contributed by atoms with E-state index in [1.165, 1.54) is 16.2 Å². The molecule has 1 fully saturated rings. The molecule has 1 saturated heterocycles. The van der Waals surface area contributed by atoms with Gasteiger partial charge in [-0.1, -0.05) is 29.0 Å². The van der Waals surface area contributed by atoms with Crippen LogP contribution in [0.15, 0.2) is 47.4 Å². The van der Waals surface area contributed by atoms with Crippen molar-refractivity contribution in [3.63, 3.8) is 0 Å². The number of halogens is 1. The molecule has 0 saturated carbocycles. The van der Waals surface area contributed by atoms with Crippen LogP contribution in [0.2, 0.25) is 5.02 Å². The molecule has 31 heavy (non-hydrogen) atoms. The second-order valence-electron chi connectivity index (χ2n) is 7.39. The maximum Gasteiger partial charge on any atom is 0.274 e. The predicted octanol–water partition coefficient (Wildman–Crippen LogP) is 5.90. The summed E-state index contributed by atoms with van der Waals surface area (Å²) in [4.78, 5) is 20.2. The van der Waals surface area contributed by atoms with Gasteiger partial charge in [-0.25, -0.2) is 4.98 Å². The van der Waals surface area contributed by atoms with E-state index in [-0.39, 0.29) is 12.0 Å². The van der Waals surface area contributed by atoms with E-state index >= 15 is 0 Å². The number of aromatic nitrogens is 1. The number of amides is 1. The molecule has 5 nitrogen and oxygen atoms in total. The number of ether oxygens (including phenoxy) is 2. The second-order valence-corrected chi connectivity index (χ2v) is 9.96. The molecule has 4 rings (SSSR count). The molecule has 0 N–H and O–H groups in total. The van der Waals surface area contributed by atoms with Crippen molar-refractivity contribution < 1.29 is 14.3 Å². The van der Waals surface area contributed by atoms with Gasteiger partial charge >= 0.3 is 0 Å². The molecule has 0 aliphatic carbocycles. The second kappa shape index (κ2) is 10.6. The monoisotopic (exact) mass is 476 g/mol. The van der Waals surface area contributed by atoms with Gasteiger partial charge < -0.3 is 14.4 Å². The van der Waals surface area contributed by atoms with Crippen molar-refractivity contribution >= 4 is 50.8 Å². The van der Waals surface area contributed by atoms with E-state index in [0.29, 0.717) is 16.6 Å². The van der Waals surface area contributed by atoms with Crippen LogP contribution in [0.5, 0.6) is 10.9 Å². The van der Waals surface area contributed by atoms with Gasteiger partial charge in [0.1, 0.15) is 17.4 Å². The van der Waals surface area contributed by atoms with E-state index in [1.807, 2.05) is 35.2 Å². The molecular formula is C23H25ClN2O3S2. The zero-order valence-electron chi connectivity index (χ0n) is 17.4. The highest BCUT2D eigenvalue weighted by Gasteiger charge is 2.24. The number of fused-ring (bicyclic) bond motifs is 1. The Labute approximate surface area is 195 Å². The van der Waals surface area contributed by atoms with Crippen molar-refractivity contribution in [2.75, 3.05) is 26.0 Å². The zero-order valence-corrected chi connectivity index (χ0v) is 19.8. The Bertz CT molecular complexity index is 1020. The van der Waals surface area contributed by atoms with Gasteiger partial charge in [-0.15, -0.1) is 11.8 Å².